The quantitative estimate of drug-likeness (QED) is 0.857. The SMILES string of the molecule is CC(C)N(CC(=O)O)C(=O)c1nc(S(C)(=O)=O)n2ccccc12. The molecule has 0 bridgehead atoms. The van der Waals surface area contributed by atoms with Crippen molar-refractivity contribution in [2.45, 2.75) is 25.0 Å². The molecule has 2 heterocycles. The number of carbonyl (C=O) groups is 2. The first-order valence-electron chi connectivity index (χ1n) is 6.83. The summed E-state index contributed by atoms with van der Waals surface area (Å²) in [5.74, 6) is -1.78. The topological polar surface area (TPSA) is 109 Å². The van der Waals surface area contributed by atoms with Gasteiger partial charge >= 0.3 is 5.97 Å². The number of hydrogen-bond donors (Lipinski definition) is 1. The van der Waals surface area contributed by atoms with Gasteiger partial charge in [0.15, 0.2) is 5.69 Å². The zero-order valence-electron chi connectivity index (χ0n) is 12.9. The van der Waals surface area contributed by atoms with E-state index in [0.717, 1.165) is 11.2 Å². The average Bonchev–Trinajstić information content (AvgIpc) is 2.83. The van der Waals surface area contributed by atoms with Crippen LogP contribution in [0.2, 0.25) is 0 Å². The Morgan fingerprint density at radius 3 is 2.52 bits per heavy atom. The van der Waals surface area contributed by atoms with Crippen LogP contribution in [0.1, 0.15) is 24.3 Å². The van der Waals surface area contributed by atoms with Crippen LogP contribution >= 0.6 is 0 Å². The van der Waals surface area contributed by atoms with Crippen LogP contribution in [0.3, 0.4) is 0 Å². The Balaban J connectivity index is 2.63. The van der Waals surface area contributed by atoms with Gasteiger partial charge in [0.2, 0.25) is 15.0 Å². The highest BCUT2D eigenvalue weighted by Crippen LogP contribution is 2.19. The Bertz CT molecular complexity index is 870. The number of nitrogens with zero attached hydrogens (tertiary/aromatic N) is 3. The van der Waals surface area contributed by atoms with E-state index in [1.165, 1.54) is 10.6 Å². The maximum atomic E-state index is 12.7. The summed E-state index contributed by atoms with van der Waals surface area (Å²) in [7, 11) is -3.65. The molecule has 0 saturated carbocycles. The van der Waals surface area contributed by atoms with Gasteiger partial charge in [0, 0.05) is 18.5 Å². The summed E-state index contributed by atoms with van der Waals surface area (Å²) >= 11 is 0. The fraction of sp³-hybridized carbons (Fsp3) is 0.357. The van der Waals surface area contributed by atoms with E-state index in [9.17, 15) is 18.0 Å². The van der Waals surface area contributed by atoms with Crippen molar-refractivity contribution < 1.29 is 23.1 Å². The minimum atomic E-state index is -3.65. The minimum Gasteiger partial charge on any atom is -0.480 e. The van der Waals surface area contributed by atoms with Gasteiger partial charge in [-0.1, -0.05) is 6.07 Å². The standard InChI is InChI=1S/C14H17N3O5S/c1-9(2)17(8-11(18)19)13(20)12-10-6-4-5-7-16(10)14(15-12)23(3,21)22/h4-7,9H,8H2,1-3H3,(H,18,19). The predicted octanol–water partition coefficient (Wildman–Crippen LogP) is 0.673. The number of hydrogen-bond acceptors (Lipinski definition) is 5. The lowest BCUT2D eigenvalue weighted by Crippen LogP contribution is -2.40. The molecule has 9 heteroatoms. The number of amides is 1. The van der Waals surface area contributed by atoms with Crippen LogP contribution in [0, 0.1) is 0 Å². The van der Waals surface area contributed by atoms with Crippen molar-refractivity contribution in [1.29, 1.82) is 0 Å². The van der Waals surface area contributed by atoms with E-state index in [4.69, 9.17) is 5.11 Å². The van der Waals surface area contributed by atoms with Crippen molar-refractivity contribution in [3.63, 3.8) is 0 Å². The maximum Gasteiger partial charge on any atom is 0.323 e. The number of carboxylic acids is 1. The second-order valence-corrected chi connectivity index (χ2v) is 7.30. The Morgan fingerprint density at radius 1 is 1.35 bits per heavy atom. The summed E-state index contributed by atoms with van der Waals surface area (Å²) in [6.45, 7) is 2.86. The van der Waals surface area contributed by atoms with Gasteiger partial charge < -0.3 is 10.0 Å². The summed E-state index contributed by atoms with van der Waals surface area (Å²) in [5, 5.41) is 8.71. The average molecular weight is 339 g/mol. The van der Waals surface area contributed by atoms with Crippen LogP contribution in [0.4, 0.5) is 0 Å². The van der Waals surface area contributed by atoms with Crippen molar-refractivity contribution in [3.05, 3.63) is 30.1 Å². The Hall–Kier alpha value is -2.42. The molecule has 0 aliphatic rings. The molecule has 2 aromatic rings. The zero-order chi connectivity index (χ0) is 17.4. The number of pyridine rings is 1. The van der Waals surface area contributed by atoms with E-state index in [2.05, 4.69) is 4.98 Å². The van der Waals surface area contributed by atoms with Crippen LogP contribution < -0.4 is 0 Å². The van der Waals surface area contributed by atoms with E-state index < -0.39 is 28.3 Å². The molecule has 1 amide bonds. The molecular weight excluding hydrogens is 322 g/mol. The number of sulfone groups is 1. The monoisotopic (exact) mass is 339 g/mol. The van der Waals surface area contributed by atoms with Crippen molar-refractivity contribution in [2.24, 2.45) is 0 Å². The maximum absolute atomic E-state index is 12.7. The predicted molar refractivity (Wildman–Crippen MR) is 82.1 cm³/mol. The normalized spacial score (nSPS) is 11.8. The van der Waals surface area contributed by atoms with E-state index in [-0.39, 0.29) is 16.9 Å². The Morgan fingerprint density at radius 2 is 2.00 bits per heavy atom. The molecule has 2 rings (SSSR count). The molecule has 0 radical (unpaired) electrons. The van der Waals surface area contributed by atoms with Crippen LogP contribution in [0.5, 0.6) is 0 Å². The van der Waals surface area contributed by atoms with Gasteiger partial charge in [-0.3, -0.25) is 14.0 Å². The van der Waals surface area contributed by atoms with Crippen LogP contribution in [0.25, 0.3) is 5.52 Å². The molecule has 2 aromatic heterocycles. The molecule has 0 saturated heterocycles. The third-order valence-electron chi connectivity index (χ3n) is 3.24. The van der Waals surface area contributed by atoms with Crippen LogP contribution in [0.15, 0.2) is 29.6 Å². The molecule has 0 fully saturated rings. The van der Waals surface area contributed by atoms with Crippen molar-refractivity contribution >= 4 is 27.2 Å². The lowest BCUT2D eigenvalue weighted by atomic mass is 10.2. The van der Waals surface area contributed by atoms with Gasteiger partial charge in [0.1, 0.15) is 6.54 Å². The molecule has 23 heavy (non-hydrogen) atoms. The minimum absolute atomic E-state index is 0.0824. The highest BCUT2D eigenvalue weighted by atomic mass is 32.2. The van der Waals surface area contributed by atoms with E-state index in [1.54, 1.807) is 32.0 Å². The highest BCUT2D eigenvalue weighted by Gasteiger charge is 2.28. The molecule has 124 valence electrons. The van der Waals surface area contributed by atoms with Gasteiger partial charge in [0.05, 0.1) is 5.52 Å². The molecule has 0 aliphatic heterocycles. The van der Waals surface area contributed by atoms with Crippen molar-refractivity contribution in [2.75, 3.05) is 12.8 Å². The largest absolute Gasteiger partial charge is 0.480 e. The zero-order valence-corrected chi connectivity index (χ0v) is 13.7. The first kappa shape index (κ1) is 16.9. The third-order valence-corrected chi connectivity index (χ3v) is 4.19. The van der Waals surface area contributed by atoms with E-state index in [1.807, 2.05) is 0 Å². The summed E-state index contributed by atoms with van der Waals surface area (Å²) in [5.41, 5.74) is 0.231. The second kappa shape index (κ2) is 5.99. The number of carbonyl (C=O) groups excluding carboxylic acids is 1. The number of rotatable bonds is 5. The van der Waals surface area contributed by atoms with Gasteiger partial charge in [0.25, 0.3) is 5.91 Å². The first-order chi connectivity index (χ1) is 10.6. The summed E-state index contributed by atoms with van der Waals surface area (Å²) in [6, 6.07) is 4.46. The number of aliphatic carboxylic acids is 1. The fourth-order valence-corrected chi connectivity index (χ4v) is 2.97. The molecule has 0 spiro atoms. The summed E-state index contributed by atoms with van der Waals surface area (Å²) < 4.78 is 25.0. The van der Waals surface area contributed by atoms with E-state index in [0.29, 0.717) is 5.52 Å². The summed E-state index contributed by atoms with van der Waals surface area (Å²) in [6.07, 6.45) is 2.49. The van der Waals surface area contributed by atoms with Crippen LogP contribution in [-0.4, -0.2) is 58.5 Å². The van der Waals surface area contributed by atoms with Gasteiger partial charge in [-0.15, -0.1) is 0 Å². The molecule has 1 N–H and O–H groups in total. The fourth-order valence-electron chi connectivity index (χ4n) is 2.20. The lowest BCUT2D eigenvalue weighted by molar-refractivity contribution is -0.138. The number of carboxylic acid groups (broad SMARTS) is 1. The highest BCUT2D eigenvalue weighted by molar-refractivity contribution is 7.90. The Labute approximate surface area is 133 Å². The van der Waals surface area contributed by atoms with Gasteiger partial charge in [-0.25, -0.2) is 13.4 Å². The molecule has 0 atom stereocenters. The van der Waals surface area contributed by atoms with Crippen molar-refractivity contribution in [1.82, 2.24) is 14.3 Å². The Kier molecular flexibility index (Phi) is 4.42. The van der Waals surface area contributed by atoms with E-state index >= 15 is 0 Å². The molecular formula is C14H17N3O5S. The number of aromatic nitrogens is 2. The van der Waals surface area contributed by atoms with Crippen molar-refractivity contribution in [3.8, 4) is 0 Å². The molecule has 8 nitrogen and oxygen atoms in total. The smallest absolute Gasteiger partial charge is 0.323 e. The molecule has 0 unspecified atom stereocenters. The second-order valence-electron chi connectivity index (χ2n) is 5.39. The number of imidazole rings is 1. The summed E-state index contributed by atoms with van der Waals surface area (Å²) in [4.78, 5) is 28.7. The molecule has 0 aliphatic carbocycles. The van der Waals surface area contributed by atoms with Gasteiger partial charge in [-0.05, 0) is 26.0 Å². The van der Waals surface area contributed by atoms with Crippen LogP contribution in [-0.2, 0) is 14.6 Å². The lowest BCUT2D eigenvalue weighted by Gasteiger charge is -2.24. The number of fused-ring (bicyclic) bond motifs is 1. The van der Waals surface area contributed by atoms with Gasteiger partial charge in [-0.2, -0.15) is 0 Å². The third kappa shape index (κ3) is 3.34. The molecule has 0 aromatic carbocycles. The first-order valence-corrected chi connectivity index (χ1v) is 8.72.